The second-order valence-electron chi connectivity index (χ2n) is 9.01. The van der Waals surface area contributed by atoms with Gasteiger partial charge in [-0.25, -0.2) is 9.97 Å². The van der Waals surface area contributed by atoms with E-state index in [9.17, 15) is 18.0 Å². The zero-order chi connectivity index (χ0) is 24.7. The molecule has 2 aromatic carbocycles. The van der Waals surface area contributed by atoms with Crippen molar-refractivity contribution in [2.45, 2.75) is 23.6 Å². The van der Waals surface area contributed by atoms with E-state index in [1.54, 1.807) is 41.6 Å². The van der Waals surface area contributed by atoms with E-state index >= 15 is 0 Å². The molecule has 0 N–H and O–H groups in total. The highest BCUT2D eigenvalue weighted by atomic mass is 19.4. The number of fused-ring (bicyclic) bond motifs is 1. The molecular weight excluding hydrogens is 442 g/mol. The summed E-state index contributed by atoms with van der Waals surface area (Å²) in [5, 5.41) is -1.47. The highest BCUT2D eigenvalue weighted by Gasteiger charge is 2.48. The Morgan fingerprint density at radius 2 is 1.59 bits per heavy atom. The van der Waals surface area contributed by atoms with Gasteiger partial charge < -0.3 is 14.4 Å². The number of amides is 1. The molecule has 0 unspecified atom stereocenters. The van der Waals surface area contributed by atoms with Crippen LogP contribution in [0.5, 0.6) is 11.5 Å². The maximum atomic E-state index is 13.8. The van der Waals surface area contributed by atoms with Gasteiger partial charge in [-0.15, -0.1) is 13.2 Å². The summed E-state index contributed by atoms with van der Waals surface area (Å²) < 4.78 is 47.7. The molecule has 4 rings (SSSR count). The van der Waals surface area contributed by atoms with Crippen molar-refractivity contribution < 1.29 is 27.4 Å². The number of carbonyl (C=O) groups is 1. The molecule has 3 aromatic rings. The van der Waals surface area contributed by atoms with E-state index in [1.807, 2.05) is 31.4 Å². The van der Waals surface area contributed by atoms with E-state index in [1.165, 1.54) is 24.3 Å². The summed E-state index contributed by atoms with van der Waals surface area (Å²) in [6.45, 7) is 0.187. The van der Waals surface area contributed by atoms with Gasteiger partial charge in [-0.3, -0.25) is 4.79 Å². The lowest BCUT2D eigenvalue weighted by Gasteiger charge is -2.47. The van der Waals surface area contributed by atoms with Crippen LogP contribution in [0.25, 0.3) is 11.1 Å². The van der Waals surface area contributed by atoms with E-state index in [0.29, 0.717) is 28.3 Å². The minimum atomic E-state index is -4.76. The number of ether oxygens (including phenoxy) is 2. The molecule has 170 valence electrons. The molecule has 13 heteroatoms. The Balaban J connectivity index is 1.73. The Kier molecular flexibility index (Phi) is 5.91. The normalized spacial score (nSPS) is 16.8. The fraction of sp³-hybridized carbons (Fsp3) is 0.190. The summed E-state index contributed by atoms with van der Waals surface area (Å²) in [6, 6.07) is 12.4. The molecule has 1 aliphatic rings. The molecule has 0 fully saturated rings. The molecule has 0 saturated heterocycles. The standard InChI is InChI=1S/C21H20B4F3N3O3/c22-19(23)20(24,25)34-16-7-4-13(12-2-5-14(6-3-12)33-21(26,27)28)10-15(16)18(32)31(19)11-17-29-8-1-9-30-17/h1-10H,11,22-25H2. The molecule has 1 aliphatic heterocycles. The van der Waals surface area contributed by atoms with Gasteiger partial charge in [0, 0.05) is 23.1 Å². The predicted octanol–water partition coefficient (Wildman–Crippen LogP) is -0.0830. The van der Waals surface area contributed by atoms with E-state index in [2.05, 4.69) is 14.7 Å². The second kappa shape index (κ2) is 8.45. The third kappa shape index (κ3) is 4.64. The summed E-state index contributed by atoms with van der Waals surface area (Å²) in [5.41, 5.74) is 1.64. The molecule has 0 atom stereocenters. The number of hydrogen-bond acceptors (Lipinski definition) is 5. The molecule has 0 spiro atoms. The number of alkyl halides is 3. The van der Waals surface area contributed by atoms with Gasteiger partial charge in [-0.2, -0.15) is 0 Å². The first-order valence-corrected chi connectivity index (χ1v) is 10.6. The van der Waals surface area contributed by atoms with Crippen LogP contribution in [-0.4, -0.2) is 69.3 Å². The van der Waals surface area contributed by atoms with E-state index in [-0.39, 0.29) is 18.2 Å². The SMILES string of the molecule is BC1(B)Oc2ccc(-c3ccc(OC(F)(F)F)cc3)cc2C(=O)N(Cc2ncccn2)C1(B)B. The molecule has 0 saturated carbocycles. The van der Waals surface area contributed by atoms with Crippen molar-refractivity contribution in [2.75, 3.05) is 0 Å². The van der Waals surface area contributed by atoms with Crippen LogP contribution in [-0.2, 0) is 6.54 Å². The molecular formula is C21H20B4F3N3O3. The van der Waals surface area contributed by atoms with Gasteiger partial charge in [0.1, 0.15) is 48.7 Å². The Morgan fingerprint density at radius 3 is 2.21 bits per heavy atom. The lowest BCUT2D eigenvalue weighted by atomic mass is 9.39. The first-order chi connectivity index (χ1) is 15.9. The molecule has 0 aliphatic carbocycles. The second-order valence-corrected chi connectivity index (χ2v) is 9.01. The number of benzene rings is 2. The zero-order valence-corrected chi connectivity index (χ0v) is 19.2. The van der Waals surface area contributed by atoms with Crippen LogP contribution in [0, 0.1) is 0 Å². The number of rotatable bonds is 4. The topological polar surface area (TPSA) is 64.6 Å². The maximum absolute atomic E-state index is 13.8. The average molecular weight is 463 g/mol. The lowest BCUT2D eigenvalue weighted by molar-refractivity contribution is -0.274. The third-order valence-electron chi connectivity index (χ3n) is 6.31. The van der Waals surface area contributed by atoms with Gasteiger partial charge in [0.05, 0.1) is 12.1 Å². The largest absolute Gasteiger partial charge is 0.573 e. The van der Waals surface area contributed by atoms with Crippen LogP contribution in [0.4, 0.5) is 13.2 Å². The van der Waals surface area contributed by atoms with Gasteiger partial charge in [0.2, 0.25) is 0 Å². The molecule has 1 amide bonds. The minimum absolute atomic E-state index is 0.187. The fourth-order valence-electron chi connectivity index (χ4n) is 3.76. The lowest BCUT2D eigenvalue weighted by Crippen LogP contribution is -2.69. The van der Waals surface area contributed by atoms with Crippen molar-refractivity contribution in [2.24, 2.45) is 0 Å². The van der Waals surface area contributed by atoms with Gasteiger partial charge >= 0.3 is 6.36 Å². The minimum Gasteiger partial charge on any atom is -0.504 e. The van der Waals surface area contributed by atoms with E-state index in [0.717, 1.165) is 0 Å². The Hall–Kier alpha value is -3.36. The molecule has 6 nitrogen and oxygen atoms in total. The number of carbonyl (C=O) groups excluding carboxylic acids is 1. The third-order valence-corrected chi connectivity index (χ3v) is 6.31. The Labute approximate surface area is 198 Å². The van der Waals surface area contributed by atoms with Crippen LogP contribution in [0.1, 0.15) is 16.2 Å². The highest BCUT2D eigenvalue weighted by molar-refractivity contribution is 6.54. The number of hydrogen-bond donors (Lipinski definition) is 0. The van der Waals surface area contributed by atoms with Crippen molar-refractivity contribution in [3.8, 4) is 22.6 Å². The Morgan fingerprint density at radius 1 is 0.971 bits per heavy atom. The molecule has 0 bridgehead atoms. The van der Waals surface area contributed by atoms with Crippen molar-refractivity contribution in [3.05, 3.63) is 72.3 Å². The summed E-state index contributed by atoms with van der Waals surface area (Å²) in [6.07, 6.45) is -1.52. The number of halogens is 3. The molecule has 0 radical (unpaired) electrons. The highest BCUT2D eigenvalue weighted by Crippen LogP contribution is 2.37. The zero-order valence-electron chi connectivity index (χ0n) is 19.2. The van der Waals surface area contributed by atoms with Crippen LogP contribution in [0.2, 0.25) is 0 Å². The maximum Gasteiger partial charge on any atom is 0.573 e. The smallest absolute Gasteiger partial charge is 0.504 e. The van der Waals surface area contributed by atoms with Crippen LogP contribution < -0.4 is 9.47 Å². The summed E-state index contributed by atoms with van der Waals surface area (Å²) in [7, 11) is 7.70. The Bertz CT molecular complexity index is 1210. The fourth-order valence-corrected chi connectivity index (χ4v) is 3.76. The van der Waals surface area contributed by atoms with Crippen molar-refractivity contribution in [3.63, 3.8) is 0 Å². The van der Waals surface area contributed by atoms with Crippen LogP contribution in [0.3, 0.4) is 0 Å². The first kappa shape index (κ1) is 23.8. The van der Waals surface area contributed by atoms with Gasteiger partial charge in [0.15, 0.2) is 0 Å². The van der Waals surface area contributed by atoms with E-state index in [4.69, 9.17) is 4.74 Å². The summed E-state index contributed by atoms with van der Waals surface area (Å²) in [5.74, 6) is 0.361. The molecule has 34 heavy (non-hydrogen) atoms. The first-order valence-electron chi connectivity index (χ1n) is 10.6. The van der Waals surface area contributed by atoms with Crippen molar-refractivity contribution >= 4 is 37.3 Å². The van der Waals surface area contributed by atoms with Crippen molar-refractivity contribution in [1.29, 1.82) is 0 Å². The monoisotopic (exact) mass is 463 g/mol. The average Bonchev–Trinajstić information content (AvgIpc) is 2.81. The number of aromatic nitrogens is 2. The molecule has 2 heterocycles. The quantitative estimate of drug-likeness (QED) is 0.508. The number of nitrogens with zero attached hydrogens (tertiary/aromatic N) is 3. The van der Waals surface area contributed by atoms with Gasteiger partial charge in [-0.05, 0) is 41.5 Å². The van der Waals surface area contributed by atoms with E-state index < -0.39 is 17.1 Å². The predicted molar refractivity (Wildman–Crippen MR) is 131 cm³/mol. The van der Waals surface area contributed by atoms with Gasteiger partial charge in [0.25, 0.3) is 5.91 Å². The summed E-state index contributed by atoms with van der Waals surface area (Å²) >= 11 is 0. The van der Waals surface area contributed by atoms with Crippen LogP contribution in [0.15, 0.2) is 60.9 Å². The molecule has 1 aromatic heterocycles. The van der Waals surface area contributed by atoms with Gasteiger partial charge in [-0.1, -0.05) is 18.2 Å². The van der Waals surface area contributed by atoms with Crippen LogP contribution >= 0.6 is 0 Å². The van der Waals surface area contributed by atoms with Crippen molar-refractivity contribution in [1.82, 2.24) is 14.9 Å². The summed E-state index contributed by atoms with van der Waals surface area (Å²) in [4.78, 5) is 24.0.